The Morgan fingerprint density at radius 3 is 2.54 bits per heavy atom. The van der Waals surface area contributed by atoms with Crippen molar-refractivity contribution in [2.24, 2.45) is 5.41 Å². The van der Waals surface area contributed by atoms with E-state index in [0.717, 1.165) is 12.1 Å². The van der Waals surface area contributed by atoms with Gasteiger partial charge in [-0.05, 0) is 24.3 Å². The van der Waals surface area contributed by atoms with Crippen LogP contribution in [0.5, 0.6) is 5.75 Å². The number of aromatic hydroxyl groups is 1. The van der Waals surface area contributed by atoms with Gasteiger partial charge in [0.15, 0.2) is 23.2 Å². The van der Waals surface area contributed by atoms with Gasteiger partial charge in [0.25, 0.3) is 0 Å². The molecule has 1 N–H and O–H groups in total. The molecule has 0 amide bonds. The maximum absolute atomic E-state index is 13.7. The maximum atomic E-state index is 13.7. The molecule has 0 saturated heterocycles. The zero-order valence-electron chi connectivity index (χ0n) is 14.8. The number of benzene rings is 1. The van der Waals surface area contributed by atoms with Gasteiger partial charge in [0, 0.05) is 31.2 Å². The molecule has 2 heterocycles. The lowest BCUT2D eigenvalue weighted by molar-refractivity contribution is 0.0830. The fourth-order valence-corrected chi connectivity index (χ4v) is 3.12. The van der Waals surface area contributed by atoms with E-state index in [9.17, 15) is 18.7 Å². The first-order chi connectivity index (χ1) is 12.2. The van der Waals surface area contributed by atoms with Gasteiger partial charge in [0.05, 0.1) is 17.9 Å². The number of aromatic nitrogens is 1. The number of ether oxygens (including phenoxy) is 1. The highest BCUT2D eigenvalue weighted by atomic mass is 19.1. The van der Waals surface area contributed by atoms with Crippen molar-refractivity contribution in [1.29, 1.82) is 0 Å². The third-order valence-corrected chi connectivity index (χ3v) is 4.50. The van der Waals surface area contributed by atoms with E-state index >= 15 is 0 Å². The fraction of sp³-hybridized carbons (Fsp3) is 0.368. The largest absolute Gasteiger partial charge is 0.503 e. The topological polar surface area (TPSA) is 62.7 Å². The number of hydrogen-bond acceptors (Lipinski definition) is 5. The molecule has 1 aliphatic rings. The number of phenols is 1. The minimum absolute atomic E-state index is 0.0247. The standard InChI is InChI=1S/C19H20F2N2O3/c1-19(2)10-23(6-7-26-3)18-12(17(19)25)4-5-15(22-18)11-8-13(20)16(24)14(21)9-11/h4-5,8-9,24H,6-7,10H2,1-3H3. The van der Waals surface area contributed by atoms with Gasteiger partial charge in [0.2, 0.25) is 0 Å². The molecular weight excluding hydrogens is 342 g/mol. The smallest absolute Gasteiger partial charge is 0.187 e. The summed E-state index contributed by atoms with van der Waals surface area (Å²) >= 11 is 0. The number of phenolic OH excluding ortho intramolecular Hbond substituents is 1. The molecule has 0 saturated carbocycles. The number of hydrogen-bond donors (Lipinski definition) is 1. The predicted octanol–water partition coefficient (Wildman–Crippen LogP) is 3.41. The van der Waals surface area contributed by atoms with Gasteiger partial charge in [-0.1, -0.05) is 13.8 Å². The first kappa shape index (κ1) is 18.3. The third-order valence-electron chi connectivity index (χ3n) is 4.50. The summed E-state index contributed by atoms with van der Waals surface area (Å²) in [5, 5.41) is 9.26. The van der Waals surface area contributed by atoms with Crippen molar-refractivity contribution >= 4 is 11.6 Å². The molecule has 0 spiro atoms. The summed E-state index contributed by atoms with van der Waals surface area (Å²) in [4.78, 5) is 19.1. The normalized spacial score (nSPS) is 15.9. The van der Waals surface area contributed by atoms with Gasteiger partial charge in [-0.2, -0.15) is 0 Å². The van der Waals surface area contributed by atoms with Crippen LogP contribution in [0.25, 0.3) is 11.3 Å². The SMILES string of the molecule is COCCN1CC(C)(C)C(=O)c2ccc(-c3cc(F)c(O)c(F)c3)nc21. The Morgan fingerprint density at radius 2 is 1.92 bits per heavy atom. The quantitative estimate of drug-likeness (QED) is 0.903. The highest BCUT2D eigenvalue weighted by Crippen LogP contribution is 2.37. The number of Topliss-reactive ketones (excluding diaryl/α,β-unsaturated/α-hetero) is 1. The van der Waals surface area contributed by atoms with Crippen LogP contribution < -0.4 is 4.90 Å². The van der Waals surface area contributed by atoms with E-state index in [1.54, 1.807) is 19.2 Å². The molecule has 7 heteroatoms. The van der Waals surface area contributed by atoms with Crippen LogP contribution in [0, 0.1) is 17.0 Å². The molecule has 0 bridgehead atoms. The Hall–Kier alpha value is -2.54. The Balaban J connectivity index is 2.09. The van der Waals surface area contributed by atoms with Gasteiger partial charge >= 0.3 is 0 Å². The van der Waals surface area contributed by atoms with E-state index in [1.165, 1.54) is 0 Å². The minimum Gasteiger partial charge on any atom is -0.503 e. The van der Waals surface area contributed by atoms with Crippen LogP contribution in [-0.4, -0.2) is 42.7 Å². The van der Waals surface area contributed by atoms with Crippen LogP contribution >= 0.6 is 0 Å². The van der Waals surface area contributed by atoms with Crippen molar-refractivity contribution in [2.75, 3.05) is 31.7 Å². The molecule has 138 valence electrons. The van der Waals surface area contributed by atoms with Crippen molar-refractivity contribution in [3.05, 3.63) is 41.5 Å². The Bertz CT molecular complexity index is 845. The molecule has 1 aromatic carbocycles. The number of rotatable bonds is 4. The van der Waals surface area contributed by atoms with Crippen molar-refractivity contribution in [1.82, 2.24) is 4.98 Å². The van der Waals surface area contributed by atoms with Crippen LogP contribution in [0.1, 0.15) is 24.2 Å². The molecule has 26 heavy (non-hydrogen) atoms. The second-order valence-electron chi connectivity index (χ2n) is 6.98. The molecule has 0 radical (unpaired) electrons. The summed E-state index contributed by atoms with van der Waals surface area (Å²) < 4.78 is 32.5. The summed E-state index contributed by atoms with van der Waals surface area (Å²) in [6.07, 6.45) is 0. The lowest BCUT2D eigenvalue weighted by Gasteiger charge is -2.38. The maximum Gasteiger partial charge on any atom is 0.187 e. The third kappa shape index (κ3) is 3.14. The van der Waals surface area contributed by atoms with Gasteiger partial charge in [-0.3, -0.25) is 4.79 Å². The van der Waals surface area contributed by atoms with Crippen molar-refractivity contribution in [3.8, 4) is 17.0 Å². The fourth-order valence-electron chi connectivity index (χ4n) is 3.12. The molecule has 3 rings (SSSR count). The van der Waals surface area contributed by atoms with E-state index in [2.05, 4.69) is 4.98 Å². The highest BCUT2D eigenvalue weighted by molar-refractivity contribution is 6.06. The number of pyridine rings is 1. The molecule has 1 aliphatic heterocycles. The highest BCUT2D eigenvalue weighted by Gasteiger charge is 2.39. The summed E-state index contributed by atoms with van der Waals surface area (Å²) in [5.41, 5.74) is 0.405. The van der Waals surface area contributed by atoms with Crippen LogP contribution in [0.3, 0.4) is 0 Å². The van der Waals surface area contributed by atoms with Crippen molar-refractivity contribution in [3.63, 3.8) is 0 Å². The average molecular weight is 362 g/mol. The summed E-state index contributed by atoms with van der Waals surface area (Å²) in [6.45, 7) is 5.21. The van der Waals surface area contributed by atoms with E-state index in [1.807, 2.05) is 18.7 Å². The molecule has 1 aromatic heterocycles. The number of anilines is 1. The van der Waals surface area contributed by atoms with Crippen LogP contribution in [0.15, 0.2) is 24.3 Å². The Morgan fingerprint density at radius 1 is 1.27 bits per heavy atom. The van der Waals surface area contributed by atoms with Crippen LogP contribution in [0.4, 0.5) is 14.6 Å². The minimum atomic E-state index is -1.06. The van der Waals surface area contributed by atoms with Gasteiger partial charge in [-0.25, -0.2) is 13.8 Å². The first-order valence-electron chi connectivity index (χ1n) is 8.22. The summed E-state index contributed by atoms with van der Waals surface area (Å²) in [5.74, 6) is -2.70. The summed E-state index contributed by atoms with van der Waals surface area (Å²) in [6, 6.07) is 5.21. The van der Waals surface area contributed by atoms with Gasteiger partial charge in [-0.15, -0.1) is 0 Å². The number of nitrogens with zero attached hydrogens (tertiary/aromatic N) is 2. The second kappa shape index (κ2) is 6.64. The number of fused-ring (bicyclic) bond motifs is 1. The molecule has 0 fully saturated rings. The Kier molecular flexibility index (Phi) is 4.66. The van der Waals surface area contributed by atoms with Gasteiger partial charge < -0.3 is 14.7 Å². The predicted molar refractivity (Wildman–Crippen MR) is 93.5 cm³/mol. The van der Waals surface area contributed by atoms with Crippen LogP contribution in [0.2, 0.25) is 0 Å². The van der Waals surface area contributed by atoms with E-state index < -0.39 is 22.8 Å². The summed E-state index contributed by atoms with van der Waals surface area (Å²) in [7, 11) is 1.59. The average Bonchev–Trinajstić information content (AvgIpc) is 2.60. The zero-order valence-corrected chi connectivity index (χ0v) is 14.8. The van der Waals surface area contributed by atoms with E-state index in [-0.39, 0.29) is 11.3 Å². The van der Waals surface area contributed by atoms with Crippen molar-refractivity contribution in [2.45, 2.75) is 13.8 Å². The molecular formula is C19H20F2N2O3. The number of ketones is 1. The van der Waals surface area contributed by atoms with Gasteiger partial charge in [0.1, 0.15) is 5.82 Å². The van der Waals surface area contributed by atoms with Crippen molar-refractivity contribution < 1.29 is 23.4 Å². The Labute approximate surface area is 150 Å². The number of carbonyl (C=O) groups excluding carboxylic acids is 1. The zero-order chi connectivity index (χ0) is 19.1. The van der Waals surface area contributed by atoms with E-state index in [4.69, 9.17) is 4.74 Å². The number of methoxy groups -OCH3 is 1. The van der Waals surface area contributed by atoms with Crippen LogP contribution in [-0.2, 0) is 4.74 Å². The second-order valence-corrected chi connectivity index (χ2v) is 6.98. The molecule has 0 unspecified atom stereocenters. The van der Waals surface area contributed by atoms with E-state index in [0.29, 0.717) is 36.8 Å². The number of halogens is 2. The monoisotopic (exact) mass is 362 g/mol. The lowest BCUT2D eigenvalue weighted by atomic mass is 9.80. The first-order valence-corrected chi connectivity index (χ1v) is 8.22. The molecule has 0 atom stereocenters. The molecule has 0 aliphatic carbocycles. The molecule has 2 aromatic rings. The lowest BCUT2D eigenvalue weighted by Crippen LogP contribution is -2.46. The number of carbonyl (C=O) groups is 1. The molecule has 5 nitrogen and oxygen atoms in total.